The summed E-state index contributed by atoms with van der Waals surface area (Å²) in [4.78, 5) is 25.0. The van der Waals surface area contributed by atoms with Crippen LogP contribution in [-0.4, -0.2) is 31.3 Å². The van der Waals surface area contributed by atoms with E-state index in [1.165, 1.54) is 12.1 Å². The summed E-state index contributed by atoms with van der Waals surface area (Å²) in [6.07, 6.45) is 0.157. The molecule has 3 aromatic rings. The number of amides is 1. The van der Waals surface area contributed by atoms with Crippen LogP contribution >= 0.6 is 11.3 Å². The Bertz CT molecular complexity index is 1100. The van der Waals surface area contributed by atoms with Crippen molar-refractivity contribution in [3.05, 3.63) is 83.2 Å². The van der Waals surface area contributed by atoms with Crippen molar-refractivity contribution in [1.82, 2.24) is 0 Å². The molecule has 1 saturated carbocycles. The zero-order chi connectivity index (χ0) is 21.3. The van der Waals surface area contributed by atoms with Gasteiger partial charge >= 0.3 is 5.97 Å². The van der Waals surface area contributed by atoms with Gasteiger partial charge in [-0.2, -0.15) is 0 Å². The molecule has 0 aliphatic heterocycles. The molecule has 1 aliphatic carbocycles. The number of carbonyl (C=O) groups excluding carboxylic acids is 1. The number of aliphatic carboxylic acids is 1. The standard InChI is InChI=1S/C21H18N2O5S2/c24-19(22-15-9-5-2-6-10-15)17-11-12-18(29-17)23(30(27)28)21(20(25)26)13-16(21)14-7-3-1-4-8-14/h1-12,16H,13H2,(H,22,24)(H,25,26)(H,27,28)/p-1. The summed E-state index contributed by atoms with van der Waals surface area (Å²) >= 11 is -1.90. The summed E-state index contributed by atoms with van der Waals surface area (Å²) in [7, 11) is 0. The van der Waals surface area contributed by atoms with E-state index in [9.17, 15) is 23.5 Å². The average Bonchev–Trinajstić information content (AvgIpc) is 3.29. The third-order valence-corrected chi connectivity index (χ3v) is 7.07. The monoisotopic (exact) mass is 441 g/mol. The van der Waals surface area contributed by atoms with E-state index in [-0.39, 0.29) is 16.3 Å². The minimum atomic E-state index is -2.83. The van der Waals surface area contributed by atoms with Gasteiger partial charge in [-0.25, -0.2) is 4.79 Å². The highest BCUT2D eigenvalue weighted by Gasteiger charge is 2.66. The molecule has 4 rings (SSSR count). The molecule has 0 bridgehead atoms. The molecule has 1 fully saturated rings. The van der Waals surface area contributed by atoms with Gasteiger partial charge in [-0.3, -0.25) is 13.3 Å². The number of rotatable bonds is 7. The number of anilines is 2. The Balaban J connectivity index is 1.63. The van der Waals surface area contributed by atoms with Crippen molar-refractivity contribution in [2.75, 3.05) is 9.62 Å². The minimum Gasteiger partial charge on any atom is -0.755 e. The highest BCUT2D eigenvalue weighted by molar-refractivity contribution is 7.81. The predicted octanol–water partition coefficient (Wildman–Crippen LogP) is 3.61. The van der Waals surface area contributed by atoms with Crippen LogP contribution in [0.15, 0.2) is 72.8 Å². The molecule has 7 nitrogen and oxygen atoms in total. The molecular formula is C21H17N2O5S2-. The van der Waals surface area contributed by atoms with Gasteiger partial charge < -0.3 is 15.0 Å². The number of carboxylic acid groups (broad SMARTS) is 1. The third-order valence-electron chi connectivity index (χ3n) is 5.06. The van der Waals surface area contributed by atoms with E-state index in [2.05, 4.69) is 5.32 Å². The Morgan fingerprint density at radius 1 is 1.07 bits per heavy atom. The predicted molar refractivity (Wildman–Crippen MR) is 114 cm³/mol. The van der Waals surface area contributed by atoms with Crippen LogP contribution in [-0.2, 0) is 16.1 Å². The highest BCUT2D eigenvalue weighted by Crippen LogP contribution is 2.58. The lowest BCUT2D eigenvalue weighted by Crippen LogP contribution is -2.46. The molecule has 9 heteroatoms. The molecule has 0 saturated heterocycles. The summed E-state index contributed by atoms with van der Waals surface area (Å²) in [5.74, 6) is -2.09. The van der Waals surface area contributed by atoms with Crippen molar-refractivity contribution in [3.8, 4) is 0 Å². The van der Waals surface area contributed by atoms with Gasteiger partial charge in [-0.05, 0) is 36.2 Å². The lowest BCUT2D eigenvalue weighted by molar-refractivity contribution is -0.139. The van der Waals surface area contributed by atoms with Crippen LogP contribution in [0.1, 0.15) is 27.6 Å². The number of thiophene rings is 1. The molecule has 2 aromatic carbocycles. The third kappa shape index (κ3) is 3.62. The second-order valence-corrected chi connectivity index (χ2v) is 8.73. The lowest BCUT2D eigenvalue weighted by atomic mass is 10.1. The fourth-order valence-corrected chi connectivity index (χ4v) is 5.49. The molecule has 1 aliphatic rings. The molecule has 30 heavy (non-hydrogen) atoms. The van der Waals surface area contributed by atoms with Crippen molar-refractivity contribution in [2.24, 2.45) is 0 Å². The molecule has 3 unspecified atom stereocenters. The Labute approximate surface area is 179 Å². The summed E-state index contributed by atoms with van der Waals surface area (Å²) < 4.78 is 25.1. The van der Waals surface area contributed by atoms with Crippen molar-refractivity contribution in [1.29, 1.82) is 0 Å². The second kappa shape index (κ2) is 8.02. The number of para-hydroxylation sites is 1. The van der Waals surface area contributed by atoms with Gasteiger partial charge in [-0.15, -0.1) is 11.3 Å². The molecule has 0 radical (unpaired) electrons. The van der Waals surface area contributed by atoms with Crippen LogP contribution in [0.2, 0.25) is 0 Å². The molecule has 1 heterocycles. The molecule has 1 amide bonds. The largest absolute Gasteiger partial charge is 0.755 e. The lowest BCUT2D eigenvalue weighted by Gasteiger charge is -2.32. The van der Waals surface area contributed by atoms with Gasteiger partial charge in [0.25, 0.3) is 5.91 Å². The Morgan fingerprint density at radius 3 is 2.30 bits per heavy atom. The van der Waals surface area contributed by atoms with Gasteiger partial charge in [0, 0.05) is 22.9 Å². The van der Waals surface area contributed by atoms with Crippen LogP contribution in [0.3, 0.4) is 0 Å². The smallest absolute Gasteiger partial charge is 0.331 e. The summed E-state index contributed by atoms with van der Waals surface area (Å²) in [5, 5.41) is 12.9. The number of hydrogen-bond acceptors (Lipinski definition) is 5. The number of nitrogens with zero attached hydrogens (tertiary/aromatic N) is 1. The molecule has 3 atom stereocenters. The molecule has 1 aromatic heterocycles. The van der Waals surface area contributed by atoms with Gasteiger partial charge in [0.15, 0.2) is 5.54 Å². The van der Waals surface area contributed by atoms with E-state index in [1.807, 2.05) is 12.1 Å². The first-order valence-electron chi connectivity index (χ1n) is 9.07. The number of carbonyl (C=O) groups is 2. The fourth-order valence-electron chi connectivity index (χ4n) is 3.56. The molecule has 2 N–H and O–H groups in total. The van der Waals surface area contributed by atoms with Crippen LogP contribution < -0.4 is 9.62 Å². The zero-order valence-electron chi connectivity index (χ0n) is 15.6. The van der Waals surface area contributed by atoms with Crippen LogP contribution in [0.4, 0.5) is 10.7 Å². The zero-order valence-corrected chi connectivity index (χ0v) is 17.2. The Kier molecular flexibility index (Phi) is 5.42. The van der Waals surface area contributed by atoms with E-state index in [4.69, 9.17) is 0 Å². The quantitative estimate of drug-likeness (QED) is 0.544. The van der Waals surface area contributed by atoms with Crippen LogP contribution in [0, 0.1) is 0 Å². The van der Waals surface area contributed by atoms with E-state index in [0.29, 0.717) is 5.69 Å². The first kappa shape index (κ1) is 20.3. The minimum absolute atomic E-state index is 0.157. The van der Waals surface area contributed by atoms with Crippen LogP contribution in [0.25, 0.3) is 0 Å². The van der Waals surface area contributed by atoms with Gasteiger partial charge in [0.1, 0.15) is 5.00 Å². The maximum absolute atomic E-state index is 12.5. The Hall–Kier alpha value is -3.01. The Morgan fingerprint density at radius 2 is 1.70 bits per heavy atom. The normalized spacial score (nSPS) is 20.9. The fraction of sp³-hybridized carbons (Fsp3) is 0.143. The molecule has 0 spiro atoms. The van der Waals surface area contributed by atoms with E-state index in [0.717, 1.165) is 21.2 Å². The summed E-state index contributed by atoms with van der Waals surface area (Å²) in [5.41, 5.74) is -0.240. The second-order valence-electron chi connectivity index (χ2n) is 6.87. The number of carboxylic acids is 1. The first-order valence-corrected chi connectivity index (χ1v) is 10.9. The SMILES string of the molecule is O=C(Nc1ccccc1)c1ccc(N(S(=O)[O-])C2(C(=O)O)CC2c2ccccc2)s1. The maximum atomic E-state index is 12.5. The maximum Gasteiger partial charge on any atom is 0.331 e. The van der Waals surface area contributed by atoms with Crippen LogP contribution in [0.5, 0.6) is 0 Å². The van der Waals surface area contributed by atoms with E-state index < -0.39 is 34.6 Å². The highest BCUT2D eigenvalue weighted by atomic mass is 32.2. The van der Waals surface area contributed by atoms with Gasteiger partial charge in [-0.1, -0.05) is 48.5 Å². The molecule has 154 valence electrons. The van der Waals surface area contributed by atoms with Gasteiger partial charge in [0.2, 0.25) is 0 Å². The van der Waals surface area contributed by atoms with Crippen molar-refractivity contribution in [2.45, 2.75) is 17.9 Å². The van der Waals surface area contributed by atoms with Crippen molar-refractivity contribution < 1.29 is 23.5 Å². The summed E-state index contributed by atoms with van der Waals surface area (Å²) in [6.45, 7) is 0. The summed E-state index contributed by atoms with van der Waals surface area (Å²) in [6, 6.07) is 20.8. The first-order chi connectivity index (χ1) is 14.4. The van der Waals surface area contributed by atoms with Crippen molar-refractivity contribution >= 4 is 45.2 Å². The average molecular weight is 442 g/mol. The van der Waals surface area contributed by atoms with E-state index >= 15 is 0 Å². The van der Waals surface area contributed by atoms with E-state index in [1.54, 1.807) is 48.5 Å². The number of hydrogen-bond donors (Lipinski definition) is 2. The van der Waals surface area contributed by atoms with Gasteiger partial charge in [0.05, 0.1) is 4.88 Å². The molecular weight excluding hydrogens is 424 g/mol. The van der Waals surface area contributed by atoms with Crippen molar-refractivity contribution in [3.63, 3.8) is 0 Å². The number of benzene rings is 2. The number of nitrogens with one attached hydrogen (secondary N) is 1. The topological polar surface area (TPSA) is 110 Å².